The smallest absolute Gasteiger partial charge is 0.462 e. The Morgan fingerprint density at radius 2 is 0.543 bits per heavy atom. The van der Waals surface area contributed by atoms with Crippen LogP contribution in [0.1, 0.15) is 349 Å². The molecule has 540 valence electrons. The van der Waals surface area contributed by atoms with Crippen LogP contribution in [0.4, 0.5) is 0 Å². The highest BCUT2D eigenvalue weighted by atomic mass is 31.2. The Morgan fingerprint density at radius 1 is 0.304 bits per heavy atom. The maximum absolute atomic E-state index is 13.0. The number of allylic oxidation sites excluding steroid dienone is 6. The molecule has 0 saturated carbocycles. The van der Waals surface area contributed by atoms with E-state index in [2.05, 4.69) is 64.2 Å². The molecule has 5 unspecified atom stereocenters. The number of ether oxygens (including phenoxy) is 4. The van der Waals surface area contributed by atoms with Crippen LogP contribution in [-0.2, 0) is 65.4 Å². The van der Waals surface area contributed by atoms with Gasteiger partial charge in [0.2, 0.25) is 0 Å². The number of aliphatic hydroxyl groups is 1. The maximum Gasteiger partial charge on any atom is 0.472 e. The minimum Gasteiger partial charge on any atom is -0.462 e. The van der Waals surface area contributed by atoms with E-state index in [1.54, 1.807) is 0 Å². The van der Waals surface area contributed by atoms with E-state index in [0.717, 1.165) is 128 Å². The Labute approximate surface area is 560 Å². The van der Waals surface area contributed by atoms with Gasteiger partial charge in [0, 0.05) is 25.7 Å². The van der Waals surface area contributed by atoms with Gasteiger partial charge < -0.3 is 33.8 Å². The van der Waals surface area contributed by atoms with Crippen LogP contribution in [0.5, 0.6) is 0 Å². The van der Waals surface area contributed by atoms with Crippen molar-refractivity contribution in [2.75, 3.05) is 39.6 Å². The molecule has 0 saturated heterocycles. The number of phosphoric ester groups is 2. The first kappa shape index (κ1) is 89.3. The second-order valence-electron chi connectivity index (χ2n) is 25.2. The van der Waals surface area contributed by atoms with Crippen molar-refractivity contribution in [3.63, 3.8) is 0 Å². The Balaban J connectivity index is 5.26. The normalized spacial score (nSPS) is 14.2. The molecule has 0 aliphatic heterocycles. The van der Waals surface area contributed by atoms with Crippen molar-refractivity contribution in [1.29, 1.82) is 0 Å². The van der Waals surface area contributed by atoms with Gasteiger partial charge in [0.1, 0.15) is 19.3 Å². The van der Waals surface area contributed by atoms with E-state index in [1.807, 2.05) is 0 Å². The number of unbranched alkanes of at least 4 members (excludes halogenated alkanes) is 39. The van der Waals surface area contributed by atoms with Gasteiger partial charge in [-0.15, -0.1) is 0 Å². The Morgan fingerprint density at radius 3 is 0.870 bits per heavy atom. The number of hydrogen-bond acceptors (Lipinski definition) is 15. The standard InChI is InChI=1S/C73H136O17P2/c1-5-9-13-17-21-25-29-31-33-35-39-41-45-49-53-57-70(75)83-63-68(89-72(77)59-55-51-47-43-37-27-23-19-15-11-7-3)65-87-91(79,80)85-61-67(74)62-86-92(81,82)88-66-69(90-73(78)60-56-52-48-44-38-28-24-20-16-12-8-4)64-84-71(76)58-54-50-46-42-40-36-34-32-30-26-22-18-14-10-6-2/h19,21,23,25,31,33,67-69,74H,5-18,20,22,24,26-30,32,34-66H2,1-4H3,(H,79,80)(H,81,82)/b23-19-,25-21-,33-31-. The quantitative estimate of drug-likeness (QED) is 0.0169. The molecule has 5 atom stereocenters. The molecule has 0 bridgehead atoms. The predicted molar refractivity (Wildman–Crippen MR) is 372 cm³/mol. The topological polar surface area (TPSA) is 237 Å². The van der Waals surface area contributed by atoms with Crippen LogP contribution in [0.25, 0.3) is 0 Å². The van der Waals surface area contributed by atoms with Crippen LogP contribution in [0.3, 0.4) is 0 Å². The molecular weight excluding hydrogens is 1210 g/mol. The van der Waals surface area contributed by atoms with Crippen LogP contribution in [-0.4, -0.2) is 96.7 Å². The van der Waals surface area contributed by atoms with Gasteiger partial charge in [0.05, 0.1) is 26.4 Å². The first-order valence-electron chi connectivity index (χ1n) is 37.2. The zero-order chi connectivity index (χ0) is 67.5. The number of hydrogen-bond donors (Lipinski definition) is 3. The van der Waals surface area contributed by atoms with Crippen LogP contribution in [0.15, 0.2) is 36.5 Å². The van der Waals surface area contributed by atoms with E-state index in [9.17, 15) is 43.2 Å². The molecule has 0 aromatic heterocycles. The SMILES string of the molecule is CCCC/C=C\CCCCCCCC(=O)OC(COC(=O)CCCCCCC/C=C\C/C=C\CCCCC)COP(=O)(O)OCC(O)COP(=O)(O)OCC(COC(=O)CCCCCCCCCCCCCCCCC)OC(=O)CCCCCCCCCCCCC. The number of rotatable bonds is 71. The average molecular weight is 1350 g/mol. The summed E-state index contributed by atoms with van der Waals surface area (Å²) in [7, 11) is -9.92. The van der Waals surface area contributed by atoms with Gasteiger partial charge in [-0.2, -0.15) is 0 Å². The van der Waals surface area contributed by atoms with E-state index in [4.69, 9.17) is 37.0 Å². The van der Waals surface area contributed by atoms with Crippen LogP contribution in [0.2, 0.25) is 0 Å². The lowest BCUT2D eigenvalue weighted by Crippen LogP contribution is -2.30. The summed E-state index contributed by atoms with van der Waals surface area (Å²) in [6, 6.07) is 0. The number of esters is 4. The van der Waals surface area contributed by atoms with Crippen LogP contribution < -0.4 is 0 Å². The van der Waals surface area contributed by atoms with Crippen molar-refractivity contribution in [1.82, 2.24) is 0 Å². The zero-order valence-electron chi connectivity index (χ0n) is 58.7. The number of phosphoric acid groups is 2. The summed E-state index contributed by atoms with van der Waals surface area (Å²) in [6.45, 7) is 4.83. The maximum atomic E-state index is 13.0. The van der Waals surface area contributed by atoms with E-state index >= 15 is 0 Å². The molecule has 0 aromatic carbocycles. The van der Waals surface area contributed by atoms with Gasteiger partial charge in [-0.3, -0.25) is 37.3 Å². The molecule has 0 aliphatic rings. The largest absolute Gasteiger partial charge is 0.472 e. The first-order valence-corrected chi connectivity index (χ1v) is 40.2. The third-order valence-corrected chi connectivity index (χ3v) is 18.0. The van der Waals surface area contributed by atoms with Gasteiger partial charge in [-0.1, -0.05) is 282 Å². The van der Waals surface area contributed by atoms with E-state index in [-0.39, 0.29) is 25.7 Å². The summed E-state index contributed by atoms with van der Waals surface area (Å²) < 4.78 is 68.3. The molecular formula is C73H136O17P2. The van der Waals surface area contributed by atoms with Gasteiger partial charge in [-0.25, -0.2) is 9.13 Å². The molecule has 3 N–H and O–H groups in total. The molecule has 0 fully saturated rings. The highest BCUT2D eigenvalue weighted by Gasteiger charge is 2.30. The molecule has 92 heavy (non-hydrogen) atoms. The Hall–Kier alpha value is -2.72. The third kappa shape index (κ3) is 65.9. The summed E-state index contributed by atoms with van der Waals surface area (Å²) in [5, 5.41) is 10.6. The molecule has 0 rings (SSSR count). The van der Waals surface area contributed by atoms with Crippen molar-refractivity contribution >= 4 is 39.5 Å². The fourth-order valence-electron chi connectivity index (χ4n) is 10.4. The fourth-order valence-corrected chi connectivity index (χ4v) is 11.9. The van der Waals surface area contributed by atoms with Crippen LogP contribution in [0, 0.1) is 0 Å². The summed E-state index contributed by atoms with van der Waals surface area (Å²) in [6.07, 6.45) is 60.0. The summed E-state index contributed by atoms with van der Waals surface area (Å²) in [4.78, 5) is 72.6. The van der Waals surface area contributed by atoms with Gasteiger partial charge in [-0.05, 0) is 77.0 Å². The summed E-state index contributed by atoms with van der Waals surface area (Å²) in [5.41, 5.74) is 0. The predicted octanol–water partition coefficient (Wildman–Crippen LogP) is 20.8. The van der Waals surface area contributed by atoms with Crippen molar-refractivity contribution in [2.24, 2.45) is 0 Å². The lowest BCUT2D eigenvalue weighted by molar-refractivity contribution is -0.161. The van der Waals surface area contributed by atoms with E-state index in [0.29, 0.717) is 25.7 Å². The molecule has 17 nitrogen and oxygen atoms in total. The minimum atomic E-state index is -4.96. The Kier molecular flexibility index (Phi) is 64.9. The molecule has 0 aromatic rings. The monoisotopic (exact) mass is 1350 g/mol. The lowest BCUT2D eigenvalue weighted by Gasteiger charge is -2.21. The zero-order valence-corrected chi connectivity index (χ0v) is 60.5. The van der Waals surface area contributed by atoms with Gasteiger partial charge in [0.15, 0.2) is 12.2 Å². The average Bonchev–Trinajstić information content (AvgIpc) is 2.46. The number of carbonyl (C=O) groups excluding carboxylic acids is 4. The molecule has 0 heterocycles. The molecule has 0 spiro atoms. The number of aliphatic hydroxyl groups excluding tert-OH is 1. The molecule has 19 heteroatoms. The highest BCUT2D eigenvalue weighted by Crippen LogP contribution is 2.45. The van der Waals surface area contributed by atoms with Crippen molar-refractivity contribution in [2.45, 2.75) is 367 Å². The van der Waals surface area contributed by atoms with Crippen molar-refractivity contribution in [3.05, 3.63) is 36.5 Å². The van der Waals surface area contributed by atoms with Crippen LogP contribution >= 0.6 is 15.6 Å². The van der Waals surface area contributed by atoms with E-state index in [1.165, 1.54) is 141 Å². The minimum absolute atomic E-state index is 0.0869. The second kappa shape index (κ2) is 66.9. The highest BCUT2D eigenvalue weighted by molar-refractivity contribution is 7.47. The molecule has 0 amide bonds. The molecule has 0 radical (unpaired) electrons. The van der Waals surface area contributed by atoms with Crippen molar-refractivity contribution in [3.8, 4) is 0 Å². The lowest BCUT2D eigenvalue weighted by atomic mass is 10.0. The first-order chi connectivity index (χ1) is 44.7. The summed E-state index contributed by atoms with van der Waals surface area (Å²) in [5.74, 6) is -2.16. The number of carbonyl (C=O) groups is 4. The van der Waals surface area contributed by atoms with Gasteiger partial charge in [0.25, 0.3) is 0 Å². The second-order valence-corrected chi connectivity index (χ2v) is 28.2. The van der Waals surface area contributed by atoms with E-state index < -0.39 is 97.5 Å². The third-order valence-electron chi connectivity index (χ3n) is 16.1. The summed E-state index contributed by atoms with van der Waals surface area (Å²) >= 11 is 0. The molecule has 0 aliphatic carbocycles. The van der Waals surface area contributed by atoms with Gasteiger partial charge >= 0.3 is 39.5 Å². The van der Waals surface area contributed by atoms with Crippen molar-refractivity contribution < 1.29 is 80.2 Å². The Bertz CT molecular complexity index is 1900. The fraction of sp³-hybridized carbons (Fsp3) is 0.863.